The van der Waals surface area contributed by atoms with Gasteiger partial charge < -0.3 is 5.32 Å². The van der Waals surface area contributed by atoms with Crippen molar-refractivity contribution in [2.24, 2.45) is 0 Å². The van der Waals surface area contributed by atoms with Crippen molar-refractivity contribution in [1.29, 1.82) is 0 Å². The van der Waals surface area contributed by atoms with Crippen LogP contribution in [0, 0.1) is 0 Å². The van der Waals surface area contributed by atoms with Crippen LogP contribution in [0.2, 0.25) is 0 Å². The van der Waals surface area contributed by atoms with Crippen LogP contribution in [0.25, 0.3) is 16.8 Å². The lowest BCUT2D eigenvalue weighted by molar-refractivity contribution is -0.137. The normalized spacial score (nSPS) is 18.1. The van der Waals surface area contributed by atoms with Gasteiger partial charge in [0, 0.05) is 11.3 Å². The van der Waals surface area contributed by atoms with Crippen LogP contribution in [0.5, 0.6) is 0 Å². The minimum absolute atomic E-state index is 0.652. The first-order valence-electron chi connectivity index (χ1n) is 9.70. The third-order valence-electron chi connectivity index (χ3n) is 5.70. The Morgan fingerprint density at radius 2 is 1.33 bits per heavy atom. The molecular formula is C26H18F3N. The summed E-state index contributed by atoms with van der Waals surface area (Å²) >= 11 is 0. The second-order valence-electron chi connectivity index (χ2n) is 7.46. The highest BCUT2D eigenvalue weighted by molar-refractivity contribution is 5.97. The molecule has 4 aromatic carbocycles. The van der Waals surface area contributed by atoms with Crippen molar-refractivity contribution < 1.29 is 13.2 Å². The van der Waals surface area contributed by atoms with Crippen LogP contribution >= 0.6 is 0 Å². The fourth-order valence-corrected chi connectivity index (χ4v) is 4.17. The molecule has 1 aliphatic rings. The smallest absolute Gasteiger partial charge is 0.368 e. The number of nitrogens with one attached hydrogen (secondary N) is 1. The van der Waals surface area contributed by atoms with Crippen molar-refractivity contribution in [3.8, 4) is 0 Å². The van der Waals surface area contributed by atoms with E-state index in [-0.39, 0.29) is 0 Å². The topological polar surface area (TPSA) is 12.0 Å². The van der Waals surface area contributed by atoms with Crippen molar-refractivity contribution in [2.45, 2.75) is 11.7 Å². The molecule has 0 saturated carbocycles. The molecule has 0 aliphatic carbocycles. The van der Waals surface area contributed by atoms with Crippen LogP contribution in [0.1, 0.15) is 22.3 Å². The van der Waals surface area contributed by atoms with E-state index in [4.69, 9.17) is 0 Å². The highest BCUT2D eigenvalue weighted by atomic mass is 19.4. The SMILES string of the molecule is FC(F)(F)c1ccc(C2(c3ccccc3)C=Cc3c(ccc4ccccc34)N2)cc1. The van der Waals surface area contributed by atoms with Crippen LogP contribution in [-0.4, -0.2) is 0 Å². The minimum atomic E-state index is -4.36. The molecule has 1 heterocycles. The Bertz CT molecular complexity index is 1240. The maximum atomic E-state index is 13.1. The summed E-state index contributed by atoms with van der Waals surface area (Å²) in [5, 5.41) is 5.90. The van der Waals surface area contributed by atoms with E-state index in [0.29, 0.717) is 0 Å². The first-order valence-corrected chi connectivity index (χ1v) is 9.70. The van der Waals surface area contributed by atoms with Gasteiger partial charge in [-0.15, -0.1) is 0 Å². The Kier molecular flexibility index (Phi) is 4.17. The van der Waals surface area contributed by atoms with Gasteiger partial charge in [-0.25, -0.2) is 0 Å². The number of halogens is 3. The summed E-state index contributed by atoms with van der Waals surface area (Å²) < 4.78 is 39.3. The summed E-state index contributed by atoms with van der Waals surface area (Å²) in [6, 6.07) is 27.4. The molecule has 148 valence electrons. The second kappa shape index (κ2) is 6.77. The highest BCUT2D eigenvalue weighted by Crippen LogP contribution is 2.43. The molecule has 30 heavy (non-hydrogen) atoms. The lowest BCUT2D eigenvalue weighted by atomic mass is 9.79. The second-order valence-corrected chi connectivity index (χ2v) is 7.46. The number of benzene rings is 4. The van der Waals surface area contributed by atoms with Gasteiger partial charge in [-0.2, -0.15) is 13.2 Å². The molecule has 4 aromatic rings. The van der Waals surface area contributed by atoms with Gasteiger partial charge in [0.1, 0.15) is 5.54 Å². The first kappa shape index (κ1) is 18.5. The molecular weight excluding hydrogens is 383 g/mol. The van der Waals surface area contributed by atoms with Gasteiger partial charge in [0.25, 0.3) is 0 Å². The molecule has 5 rings (SSSR count). The zero-order chi connectivity index (χ0) is 20.8. The molecule has 1 aliphatic heterocycles. The standard InChI is InChI=1S/C26H18F3N/c27-26(28,29)21-13-11-20(12-14-21)25(19-7-2-1-3-8-19)17-16-23-22-9-5-4-6-18(22)10-15-24(23)30-25/h1-17,30H. The van der Waals surface area contributed by atoms with Crippen molar-refractivity contribution in [3.63, 3.8) is 0 Å². The quantitative estimate of drug-likeness (QED) is 0.373. The molecule has 0 spiro atoms. The molecule has 4 heteroatoms. The maximum Gasteiger partial charge on any atom is 0.416 e. The van der Waals surface area contributed by atoms with Crippen molar-refractivity contribution in [1.82, 2.24) is 0 Å². The fourth-order valence-electron chi connectivity index (χ4n) is 4.17. The molecule has 1 nitrogen and oxygen atoms in total. The Balaban J connectivity index is 1.69. The lowest BCUT2D eigenvalue weighted by Crippen LogP contribution is -2.36. The predicted molar refractivity (Wildman–Crippen MR) is 115 cm³/mol. The summed E-state index contributed by atoms with van der Waals surface area (Å²) in [5.41, 5.74) is 2.31. The van der Waals surface area contributed by atoms with Crippen LogP contribution < -0.4 is 5.32 Å². The summed E-state index contributed by atoms with van der Waals surface area (Å²) in [6.07, 6.45) is -0.252. The molecule has 1 unspecified atom stereocenters. The molecule has 0 bridgehead atoms. The Morgan fingerprint density at radius 1 is 0.667 bits per heavy atom. The Labute approximate surface area is 172 Å². The summed E-state index contributed by atoms with van der Waals surface area (Å²) in [7, 11) is 0. The number of anilines is 1. The van der Waals surface area contributed by atoms with Gasteiger partial charge >= 0.3 is 6.18 Å². The maximum absolute atomic E-state index is 13.1. The zero-order valence-corrected chi connectivity index (χ0v) is 15.9. The number of alkyl halides is 3. The van der Waals surface area contributed by atoms with Crippen molar-refractivity contribution >= 4 is 22.5 Å². The molecule has 0 amide bonds. The van der Waals surface area contributed by atoms with E-state index in [2.05, 4.69) is 29.6 Å². The van der Waals surface area contributed by atoms with E-state index in [9.17, 15) is 13.2 Å². The third kappa shape index (κ3) is 2.96. The summed E-state index contributed by atoms with van der Waals surface area (Å²) in [5.74, 6) is 0. The average molecular weight is 401 g/mol. The van der Waals surface area contributed by atoms with Gasteiger partial charge in [-0.1, -0.05) is 78.9 Å². The minimum Gasteiger partial charge on any atom is -0.368 e. The monoisotopic (exact) mass is 401 g/mol. The number of rotatable bonds is 2. The Morgan fingerprint density at radius 3 is 2.07 bits per heavy atom. The van der Waals surface area contributed by atoms with Gasteiger partial charge in [0.2, 0.25) is 0 Å². The number of fused-ring (bicyclic) bond motifs is 3. The van der Waals surface area contributed by atoms with E-state index in [1.165, 1.54) is 0 Å². The molecule has 1 N–H and O–H groups in total. The Hall–Kier alpha value is -3.53. The molecule has 0 radical (unpaired) electrons. The highest BCUT2D eigenvalue weighted by Gasteiger charge is 2.36. The summed E-state index contributed by atoms with van der Waals surface area (Å²) in [4.78, 5) is 0. The van der Waals surface area contributed by atoms with E-state index in [1.54, 1.807) is 12.1 Å². The van der Waals surface area contributed by atoms with Crippen LogP contribution in [0.4, 0.5) is 18.9 Å². The van der Waals surface area contributed by atoms with E-state index in [0.717, 1.165) is 45.3 Å². The third-order valence-corrected chi connectivity index (χ3v) is 5.70. The van der Waals surface area contributed by atoms with Gasteiger partial charge in [0.05, 0.1) is 5.56 Å². The number of hydrogen-bond acceptors (Lipinski definition) is 1. The largest absolute Gasteiger partial charge is 0.416 e. The van der Waals surface area contributed by atoms with Gasteiger partial charge in [0.15, 0.2) is 0 Å². The van der Waals surface area contributed by atoms with E-state index in [1.807, 2.05) is 54.6 Å². The fraction of sp³-hybridized carbons (Fsp3) is 0.0769. The number of hydrogen-bond donors (Lipinski definition) is 1. The van der Waals surface area contributed by atoms with Gasteiger partial charge in [-0.3, -0.25) is 0 Å². The van der Waals surface area contributed by atoms with Crippen LogP contribution in [0.15, 0.2) is 97.1 Å². The van der Waals surface area contributed by atoms with Crippen LogP contribution in [0.3, 0.4) is 0 Å². The lowest BCUT2D eigenvalue weighted by Gasteiger charge is -2.38. The molecule has 0 aromatic heterocycles. The zero-order valence-electron chi connectivity index (χ0n) is 15.9. The molecule has 0 saturated heterocycles. The van der Waals surface area contributed by atoms with Crippen molar-refractivity contribution in [2.75, 3.05) is 5.32 Å². The summed E-state index contributed by atoms with van der Waals surface area (Å²) in [6.45, 7) is 0. The predicted octanol–water partition coefficient (Wildman–Crippen LogP) is 7.24. The molecule has 1 atom stereocenters. The van der Waals surface area contributed by atoms with Gasteiger partial charge in [-0.05, 0) is 46.2 Å². The van der Waals surface area contributed by atoms with Crippen LogP contribution in [-0.2, 0) is 11.7 Å². The molecule has 0 fully saturated rings. The van der Waals surface area contributed by atoms with Crippen molar-refractivity contribution in [3.05, 3.63) is 119 Å². The van der Waals surface area contributed by atoms with E-state index < -0.39 is 17.3 Å². The van der Waals surface area contributed by atoms with E-state index >= 15 is 0 Å². The average Bonchev–Trinajstić information content (AvgIpc) is 2.78. The first-order chi connectivity index (χ1) is 14.5.